The van der Waals surface area contributed by atoms with E-state index in [9.17, 15) is 14.7 Å². The van der Waals surface area contributed by atoms with Crippen LogP contribution >= 0.6 is 0 Å². The van der Waals surface area contributed by atoms with Gasteiger partial charge in [0.05, 0.1) is 19.3 Å². The molecule has 28 heavy (non-hydrogen) atoms. The Hall–Kier alpha value is -2.41. The predicted molar refractivity (Wildman–Crippen MR) is 103 cm³/mol. The summed E-state index contributed by atoms with van der Waals surface area (Å²) in [5.41, 5.74) is -1.06. The van der Waals surface area contributed by atoms with E-state index in [1.54, 1.807) is 13.8 Å². The molecule has 1 heterocycles. The van der Waals surface area contributed by atoms with Gasteiger partial charge in [-0.15, -0.1) is 4.58 Å². The van der Waals surface area contributed by atoms with Gasteiger partial charge in [-0.05, 0) is 31.9 Å². The molecule has 0 aromatic heterocycles. The number of methoxy groups -OCH3 is 1. The van der Waals surface area contributed by atoms with Crippen LogP contribution in [0.3, 0.4) is 0 Å². The molecular formula is C21H30NO6+. The van der Waals surface area contributed by atoms with Crippen molar-refractivity contribution in [2.45, 2.75) is 52.5 Å². The number of carbonyl (C=O) groups is 2. The molecule has 2 rings (SSSR count). The molecule has 0 saturated carbocycles. The molecule has 7 nitrogen and oxygen atoms in total. The maximum absolute atomic E-state index is 12.7. The molecule has 0 radical (unpaired) electrons. The quantitative estimate of drug-likeness (QED) is 0.564. The highest BCUT2D eigenvalue weighted by atomic mass is 16.5. The SMILES string of the molecule is CCOC(=O)C(C)C(C)(O)[N+]1=C(c2ccccc2)O[C@@H](C(C)C)[C@H]1C(=O)OC. The van der Waals surface area contributed by atoms with Crippen molar-refractivity contribution in [1.29, 1.82) is 0 Å². The fourth-order valence-corrected chi connectivity index (χ4v) is 3.36. The van der Waals surface area contributed by atoms with Crippen LogP contribution in [0.5, 0.6) is 0 Å². The third kappa shape index (κ3) is 4.04. The molecule has 1 aliphatic rings. The van der Waals surface area contributed by atoms with E-state index in [1.807, 2.05) is 44.2 Å². The second kappa shape index (κ2) is 8.73. The van der Waals surface area contributed by atoms with Gasteiger partial charge in [-0.2, -0.15) is 0 Å². The highest BCUT2D eigenvalue weighted by Gasteiger charge is 2.60. The van der Waals surface area contributed by atoms with E-state index in [0.29, 0.717) is 11.5 Å². The Morgan fingerprint density at radius 2 is 1.86 bits per heavy atom. The topological polar surface area (TPSA) is 85.1 Å². The maximum Gasteiger partial charge on any atom is 0.379 e. The number of esters is 2. The lowest BCUT2D eigenvalue weighted by Gasteiger charge is -2.28. The van der Waals surface area contributed by atoms with Crippen LogP contribution in [-0.4, -0.2) is 59.1 Å². The Balaban J connectivity index is 2.67. The molecule has 0 spiro atoms. The molecule has 154 valence electrons. The van der Waals surface area contributed by atoms with Gasteiger partial charge >= 0.3 is 17.8 Å². The van der Waals surface area contributed by atoms with Gasteiger partial charge in [0.25, 0.3) is 11.8 Å². The summed E-state index contributed by atoms with van der Waals surface area (Å²) in [6.07, 6.45) is -0.552. The van der Waals surface area contributed by atoms with Crippen molar-refractivity contribution in [1.82, 2.24) is 0 Å². The minimum atomic E-state index is -1.75. The molecule has 7 heteroatoms. The van der Waals surface area contributed by atoms with Crippen molar-refractivity contribution < 1.29 is 33.5 Å². The lowest BCUT2D eigenvalue weighted by atomic mass is 9.93. The average molecular weight is 392 g/mol. The summed E-state index contributed by atoms with van der Waals surface area (Å²) in [6.45, 7) is 8.80. The molecule has 0 saturated heterocycles. The fourth-order valence-electron chi connectivity index (χ4n) is 3.36. The van der Waals surface area contributed by atoms with Gasteiger partial charge in [-0.1, -0.05) is 32.0 Å². The van der Waals surface area contributed by atoms with Crippen molar-refractivity contribution in [2.75, 3.05) is 13.7 Å². The lowest BCUT2D eigenvalue weighted by Crippen LogP contribution is -2.56. The summed E-state index contributed by atoms with van der Waals surface area (Å²) >= 11 is 0. The van der Waals surface area contributed by atoms with Crippen molar-refractivity contribution in [3.05, 3.63) is 35.9 Å². The number of ether oxygens (including phenoxy) is 3. The largest absolute Gasteiger partial charge is 0.465 e. The Morgan fingerprint density at radius 3 is 2.36 bits per heavy atom. The first-order valence-corrected chi connectivity index (χ1v) is 9.51. The van der Waals surface area contributed by atoms with Crippen LogP contribution in [0.15, 0.2) is 30.3 Å². The zero-order chi connectivity index (χ0) is 21.1. The van der Waals surface area contributed by atoms with Gasteiger partial charge in [-0.25, -0.2) is 4.79 Å². The number of nitrogens with zero attached hydrogens (tertiary/aromatic N) is 1. The number of rotatable bonds is 7. The number of benzene rings is 1. The van der Waals surface area contributed by atoms with E-state index in [1.165, 1.54) is 18.6 Å². The zero-order valence-corrected chi connectivity index (χ0v) is 17.3. The molecular weight excluding hydrogens is 362 g/mol. The maximum atomic E-state index is 12.7. The Morgan fingerprint density at radius 1 is 1.25 bits per heavy atom. The summed E-state index contributed by atoms with van der Waals surface area (Å²) in [5, 5.41) is 11.4. The Labute approximate surface area is 165 Å². The first-order chi connectivity index (χ1) is 13.2. The van der Waals surface area contributed by atoms with Gasteiger partial charge in [-0.3, -0.25) is 4.79 Å². The van der Waals surface area contributed by atoms with Crippen LogP contribution in [-0.2, 0) is 23.8 Å². The summed E-state index contributed by atoms with van der Waals surface area (Å²) in [5.74, 6) is -1.75. The third-order valence-electron chi connectivity index (χ3n) is 5.12. The molecule has 2 unspecified atom stereocenters. The summed E-state index contributed by atoms with van der Waals surface area (Å²) in [7, 11) is 1.29. The van der Waals surface area contributed by atoms with Crippen LogP contribution in [0.2, 0.25) is 0 Å². The first-order valence-electron chi connectivity index (χ1n) is 9.51. The van der Waals surface area contributed by atoms with Crippen LogP contribution < -0.4 is 0 Å². The van der Waals surface area contributed by atoms with E-state index in [2.05, 4.69) is 0 Å². The molecule has 0 amide bonds. The third-order valence-corrected chi connectivity index (χ3v) is 5.12. The van der Waals surface area contributed by atoms with Gasteiger partial charge < -0.3 is 19.3 Å². The van der Waals surface area contributed by atoms with Crippen LogP contribution in [0, 0.1) is 11.8 Å². The van der Waals surface area contributed by atoms with Gasteiger partial charge in [0.1, 0.15) is 5.92 Å². The van der Waals surface area contributed by atoms with E-state index >= 15 is 0 Å². The van der Waals surface area contributed by atoms with Crippen molar-refractivity contribution in [3.63, 3.8) is 0 Å². The number of hydrogen-bond acceptors (Lipinski definition) is 6. The van der Waals surface area contributed by atoms with E-state index in [-0.39, 0.29) is 12.5 Å². The molecule has 1 aromatic rings. The van der Waals surface area contributed by atoms with Gasteiger partial charge in [0.15, 0.2) is 6.10 Å². The van der Waals surface area contributed by atoms with Crippen molar-refractivity contribution >= 4 is 17.8 Å². The normalized spacial score (nSPS) is 22.4. The fraction of sp³-hybridized carbons (Fsp3) is 0.571. The zero-order valence-electron chi connectivity index (χ0n) is 17.3. The van der Waals surface area contributed by atoms with Crippen molar-refractivity contribution in [3.8, 4) is 0 Å². The summed E-state index contributed by atoms with van der Waals surface area (Å²) < 4.78 is 17.7. The Kier molecular flexibility index (Phi) is 6.82. The molecule has 1 aliphatic heterocycles. The molecule has 0 bridgehead atoms. The Bertz CT molecular complexity index is 741. The molecule has 0 fully saturated rings. The van der Waals surface area contributed by atoms with Crippen LogP contribution in [0.1, 0.15) is 40.2 Å². The minimum absolute atomic E-state index is 0.0403. The van der Waals surface area contributed by atoms with Crippen LogP contribution in [0.25, 0.3) is 0 Å². The second-order valence-electron chi connectivity index (χ2n) is 7.40. The van der Waals surface area contributed by atoms with E-state index in [4.69, 9.17) is 14.2 Å². The van der Waals surface area contributed by atoms with Gasteiger partial charge in [0, 0.05) is 6.92 Å². The highest BCUT2D eigenvalue weighted by Crippen LogP contribution is 2.32. The standard InChI is InChI=1S/C21H30NO6/c1-7-27-19(23)14(4)21(5,25)22-16(20(24)26-6)17(13(2)3)28-18(22)15-11-9-8-10-12-15/h8-14,16-17,25H,7H2,1-6H3/q+1/t14?,16-,17-,21?/m0/s1. The van der Waals surface area contributed by atoms with E-state index in [0.717, 1.165) is 0 Å². The molecule has 0 aliphatic carbocycles. The van der Waals surface area contributed by atoms with Crippen LogP contribution in [0.4, 0.5) is 0 Å². The smallest absolute Gasteiger partial charge is 0.379 e. The van der Waals surface area contributed by atoms with E-state index < -0.39 is 35.7 Å². The minimum Gasteiger partial charge on any atom is -0.465 e. The monoisotopic (exact) mass is 392 g/mol. The second-order valence-corrected chi connectivity index (χ2v) is 7.40. The lowest BCUT2D eigenvalue weighted by molar-refractivity contribution is -0.675. The predicted octanol–water partition coefficient (Wildman–Crippen LogP) is 1.95. The number of hydrogen-bond donors (Lipinski definition) is 1. The molecule has 1 N–H and O–H groups in total. The average Bonchev–Trinajstić information content (AvgIpc) is 3.09. The van der Waals surface area contributed by atoms with Crippen molar-refractivity contribution in [2.24, 2.45) is 11.8 Å². The summed E-state index contributed by atoms with van der Waals surface area (Å²) in [6, 6.07) is 8.27. The molecule has 1 aromatic carbocycles. The number of aliphatic hydroxyl groups is 1. The number of carbonyl (C=O) groups excluding carboxylic acids is 2. The highest BCUT2D eigenvalue weighted by molar-refractivity contribution is 5.93. The van der Waals surface area contributed by atoms with Gasteiger partial charge in [0.2, 0.25) is 0 Å². The summed E-state index contributed by atoms with van der Waals surface area (Å²) in [4.78, 5) is 25.1. The molecule has 4 atom stereocenters. The first kappa shape index (κ1) is 21.9.